The van der Waals surface area contributed by atoms with Gasteiger partial charge in [0.05, 0.1) is 0 Å². The van der Waals surface area contributed by atoms with Crippen LogP contribution in [-0.2, 0) is 0 Å². The van der Waals surface area contributed by atoms with Crippen LogP contribution in [0.4, 0.5) is 4.39 Å². The molecule has 0 aliphatic carbocycles. The normalized spacial score (nSPS) is 10.4. The number of nitrogens with zero attached hydrogens (tertiary/aromatic N) is 2. The minimum atomic E-state index is -0.519. The summed E-state index contributed by atoms with van der Waals surface area (Å²) in [7, 11) is 0. The second-order valence-corrected chi connectivity index (χ2v) is 2.98. The van der Waals surface area contributed by atoms with Crippen LogP contribution in [0.2, 0.25) is 5.15 Å². The Morgan fingerprint density at radius 2 is 2.14 bits per heavy atom. The molecule has 70 valence electrons. The third-order valence-corrected chi connectivity index (χ3v) is 2.04. The smallest absolute Gasteiger partial charge is 0.194 e. The van der Waals surface area contributed by atoms with E-state index in [0.717, 1.165) is 0 Å². The Kier molecular flexibility index (Phi) is 2.13. The van der Waals surface area contributed by atoms with Crippen LogP contribution in [0.25, 0.3) is 10.9 Å². The molecule has 5 heteroatoms. The molecule has 2 aromatic rings. The number of aromatic nitrogens is 2. The van der Waals surface area contributed by atoms with Crippen LogP contribution >= 0.6 is 11.6 Å². The van der Waals surface area contributed by atoms with Crippen molar-refractivity contribution in [3.8, 4) is 0 Å². The van der Waals surface area contributed by atoms with E-state index in [4.69, 9.17) is 11.6 Å². The molecule has 0 unspecified atom stereocenters. The molecule has 0 amide bonds. The Hall–Kier alpha value is -1.55. The minimum Gasteiger partial charge on any atom is -0.294 e. The fourth-order valence-electron chi connectivity index (χ4n) is 1.15. The molecule has 0 radical (unpaired) electrons. The van der Waals surface area contributed by atoms with Crippen LogP contribution in [0.15, 0.2) is 18.2 Å². The van der Waals surface area contributed by atoms with Crippen molar-refractivity contribution in [3.05, 3.63) is 35.0 Å². The first-order valence-corrected chi connectivity index (χ1v) is 4.17. The zero-order chi connectivity index (χ0) is 10.1. The van der Waals surface area contributed by atoms with Crippen LogP contribution in [0.1, 0.15) is 10.6 Å². The van der Waals surface area contributed by atoms with Crippen molar-refractivity contribution in [3.63, 3.8) is 0 Å². The lowest BCUT2D eigenvalue weighted by atomic mass is 10.2. The number of fused-ring (bicyclic) bond motifs is 1. The van der Waals surface area contributed by atoms with E-state index in [1.54, 1.807) is 6.07 Å². The van der Waals surface area contributed by atoms with Crippen molar-refractivity contribution in [1.29, 1.82) is 0 Å². The van der Waals surface area contributed by atoms with Gasteiger partial charge in [-0.15, -0.1) is 0 Å². The van der Waals surface area contributed by atoms with Crippen LogP contribution in [0.5, 0.6) is 0 Å². The average Bonchev–Trinajstić information content (AvgIpc) is 2.19. The molecule has 0 saturated carbocycles. The Morgan fingerprint density at radius 3 is 2.86 bits per heavy atom. The summed E-state index contributed by atoms with van der Waals surface area (Å²) in [5.74, 6) is -0.637. The number of aldehydes is 1. The van der Waals surface area contributed by atoms with Gasteiger partial charge in [0.15, 0.2) is 12.1 Å². The third-order valence-electron chi connectivity index (χ3n) is 1.75. The van der Waals surface area contributed by atoms with E-state index < -0.39 is 5.82 Å². The zero-order valence-corrected chi connectivity index (χ0v) is 7.62. The van der Waals surface area contributed by atoms with Gasteiger partial charge in [0, 0.05) is 5.39 Å². The minimum absolute atomic E-state index is 0.0644. The van der Waals surface area contributed by atoms with E-state index in [9.17, 15) is 9.18 Å². The molecule has 0 fully saturated rings. The number of hydrogen-bond acceptors (Lipinski definition) is 3. The van der Waals surface area contributed by atoms with Gasteiger partial charge < -0.3 is 0 Å². The SMILES string of the molecule is O=Cc1nc(Cl)c2cccc(F)c2n1. The fourth-order valence-corrected chi connectivity index (χ4v) is 1.39. The average molecular weight is 211 g/mol. The molecule has 0 atom stereocenters. The summed E-state index contributed by atoms with van der Waals surface area (Å²) in [6.45, 7) is 0. The summed E-state index contributed by atoms with van der Waals surface area (Å²) in [5.41, 5.74) is 0.0644. The van der Waals surface area contributed by atoms with Crippen molar-refractivity contribution in [1.82, 2.24) is 9.97 Å². The summed E-state index contributed by atoms with van der Waals surface area (Å²) < 4.78 is 13.2. The number of para-hydroxylation sites is 1. The molecular formula is C9H4ClFN2O. The lowest BCUT2D eigenvalue weighted by Gasteiger charge is -2.00. The summed E-state index contributed by atoms with van der Waals surface area (Å²) in [6.07, 6.45) is 0.428. The first kappa shape index (κ1) is 9.02. The first-order valence-electron chi connectivity index (χ1n) is 3.79. The standard InChI is InChI=1S/C9H4ClFN2O/c10-9-5-2-1-3-6(11)8(5)12-7(4-14)13-9/h1-4H. The monoisotopic (exact) mass is 210 g/mol. The molecule has 1 aromatic heterocycles. The second-order valence-electron chi connectivity index (χ2n) is 2.63. The largest absolute Gasteiger partial charge is 0.294 e. The molecule has 0 bridgehead atoms. The molecule has 0 aliphatic rings. The highest BCUT2D eigenvalue weighted by atomic mass is 35.5. The van der Waals surface area contributed by atoms with Gasteiger partial charge in [-0.25, -0.2) is 14.4 Å². The number of rotatable bonds is 1. The first-order chi connectivity index (χ1) is 6.72. The van der Waals surface area contributed by atoms with E-state index in [1.807, 2.05) is 0 Å². The van der Waals surface area contributed by atoms with Crippen molar-refractivity contribution < 1.29 is 9.18 Å². The Labute approximate surface area is 83.5 Å². The van der Waals surface area contributed by atoms with Crippen LogP contribution < -0.4 is 0 Å². The third kappa shape index (κ3) is 1.33. The number of carbonyl (C=O) groups excluding carboxylic acids is 1. The summed E-state index contributed by atoms with van der Waals surface area (Å²) in [6, 6.07) is 4.35. The van der Waals surface area contributed by atoms with Crippen molar-refractivity contribution in [2.24, 2.45) is 0 Å². The highest BCUT2D eigenvalue weighted by molar-refractivity contribution is 6.34. The van der Waals surface area contributed by atoms with Crippen LogP contribution in [0.3, 0.4) is 0 Å². The molecule has 0 N–H and O–H groups in total. The molecule has 1 heterocycles. The number of hydrogen-bond donors (Lipinski definition) is 0. The van der Waals surface area contributed by atoms with E-state index in [0.29, 0.717) is 11.7 Å². The number of benzene rings is 1. The predicted octanol–water partition coefficient (Wildman–Crippen LogP) is 2.23. The van der Waals surface area contributed by atoms with Gasteiger partial charge in [-0.3, -0.25) is 4.79 Å². The molecule has 2 rings (SSSR count). The van der Waals surface area contributed by atoms with Crippen LogP contribution in [-0.4, -0.2) is 16.3 Å². The van der Waals surface area contributed by atoms with Gasteiger partial charge in [-0.1, -0.05) is 17.7 Å². The topological polar surface area (TPSA) is 42.9 Å². The quantitative estimate of drug-likeness (QED) is 0.536. The maximum absolute atomic E-state index is 13.2. The molecular weight excluding hydrogens is 207 g/mol. The Bertz CT molecular complexity index is 515. The van der Waals surface area contributed by atoms with E-state index in [1.165, 1.54) is 12.1 Å². The second kappa shape index (κ2) is 3.31. The van der Waals surface area contributed by atoms with Crippen molar-refractivity contribution >= 4 is 28.8 Å². The highest BCUT2D eigenvalue weighted by Gasteiger charge is 2.08. The molecule has 0 aliphatic heterocycles. The van der Waals surface area contributed by atoms with Gasteiger partial charge in [-0.2, -0.15) is 0 Å². The van der Waals surface area contributed by atoms with Gasteiger partial charge in [-0.05, 0) is 12.1 Å². The summed E-state index contributed by atoms with van der Waals surface area (Å²) in [5, 5.41) is 0.480. The summed E-state index contributed by atoms with van der Waals surface area (Å²) >= 11 is 5.74. The number of halogens is 2. The summed E-state index contributed by atoms with van der Waals surface area (Å²) in [4.78, 5) is 17.8. The van der Waals surface area contributed by atoms with E-state index >= 15 is 0 Å². The number of carbonyl (C=O) groups is 1. The van der Waals surface area contributed by atoms with Crippen molar-refractivity contribution in [2.75, 3.05) is 0 Å². The Morgan fingerprint density at radius 1 is 1.36 bits per heavy atom. The van der Waals surface area contributed by atoms with Crippen LogP contribution in [0, 0.1) is 5.82 Å². The van der Waals surface area contributed by atoms with Gasteiger partial charge >= 0.3 is 0 Å². The maximum Gasteiger partial charge on any atom is 0.194 e. The van der Waals surface area contributed by atoms with Gasteiger partial charge in [0.25, 0.3) is 0 Å². The highest BCUT2D eigenvalue weighted by Crippen LogP contribution is 2.21. The lowest BCUT2D eigenvalue weighted by molar-refractivity contribution is 0.111. The van der Waals surface area contributed by atoms with Crippen molar-refractivity contribution in [2.45, 2.75) is 0 Å². The van der Waals surface area contributed by atoms with E-state index in [2.05, 4.69) is 9.97 Å². The molecule has 14 heavy (non-hydrogen) atoms. The maximum atomic E-state index is 13.2. The molecule has 3 nitrogen and oxygen atoms in total. The lowest BCUT2D eigenvalue weighted by Crippen LogP contribution is -1.95. The predicted molar refractivity (Wildman–Crippen MR) is 49.9 cm³/mol. The van der Waals surface area contributed by atoms with Gasteiger partial charge in [0.2, 0.25) is 0 Å². The van der Waals surface area contributed by atoms with Gasteiger partial charge in [0.1, 0.15) is 16.5 Å². The Balaban J connectivity index is 2.90. The zero-order valence-electron chi connectivity index (χ0n) is 6.87. The molecule has 0 saturated heterocycles. The molecule has 1 aromatic carbocycles. The molecule has 0 spiro atoms. The fraction of sp³-hybridized carbons (Fsp3) is 0. The van der Waals surface area contributed by atoms with E-state index in [-0.39, 0.29) is 16.5 Å².